The summed E-state index contributed by atoms with van der Waals surface area (Å²) in [4.78, 5) is 18.6. The van der Waals surface area contributed by atoms with Crippen LogP contribution in [-0.4, -0.2) is 43.2 Å². The van der Waals surface area contributed by atoms with Gasteiger partial charge in [0.1, 0.15) is 6.04 Å². The van der Waals surface area contributed by atoms with E-state index < -0.39 is 0 Å². The summed E-state index contributed by atoms with van der Waals surface area (Å²) in [5.41, 5.74) is 2.39. The summed E-state index contributed by atoms with van der Waals surface area (Å²) in [7, 11) is 0. The molecule has 154 valence electrons. The molecule has 0 bridgehead atoms. The second-order valence-corrected chi connectivity index (χ2v) is 9.12. The third-order valence-electron chi connectivity index (χ3n) is 5.70. The summed E-state index contributed by atoms with van der Waals surface area (Å²) in [6.45, 7) is 10.2. The lowest BCUT2D eigenvalue weighted by molar-refractivity contribution is 0.208. The lowest BCUT2D eigenvalue weighted by Crippen LogP contribution is -2.38. The van der Waals surface area contributed by atoms with Crippen LogP contribution in [0.15, 0.2) is 29.1 Å². The Bertz CT molecular complexity index is 1050. The highest BCUT2D eigenvalue weighted by Gasteiger charge is 2.33. The van der Waals surface area contributed by atoms with Crippen LogP contribution >= 0.6 is 0 Å². The quantitative estimate of drug-likeness (QED) is 0.735. The number of tetrazole rings is 1. The van der Waals surface area contributed by atoms with Gasteiger partial charge in [0, 0.05) is 11.1 Å². The van der Waals surface area contributed by atoms with Crippen LogP contribution in [0.4, 0.5) is 0 Å². The second kappa shape index (κ2) is 7.71. The molecule has 0 saturated carbocycles. The van der Waals surface area contributed by atoms with Crippen LogP contribution in [0, 0.1) is 6.92 Å². The highest BCUT2D eigenvalue weighted by molar-refractivity contribution is 5.79. The third kappa shape index (κ3) is 3.96. The van der Waals surface area contributed by atoms with E-state index >= 15 is 0 Å². The van der Waals surface area contributed by atoms with Crippen molar-refractivity contribution in [3.05, 3.63) is 51.6 Å². The van der Waals surface area contributed by atoms with Crippen molar-refractivity contribution >= 4 is 10.9 Å². The first-order valence-electron chi connectivity index (χ1n) is 10.5. The molecule has 0 spiro atoms. The zero-order chi connectivity index (χ0) is 20.6. The second-order valence-electron chi connectivity index (χ2n) is 9.12. The number of pyridine rings is 1. The van der Waals surface area contributed by atoms with Crippen LogP contribution in [-0.2, 0) is 5.54 Å². The first kappa shape index (κ1) is 19.8. The van der Waals surface area contributed by atoms with Crippen LogP contribution in [0.3, 0.4) is 0 Å². The number of aromatic nitrogens is 5. The average Bonchev–Trinajstić information content (AvgIpc) is 3.00. The van der Waals surface area contributed by atoms with Crippen molar-refractivity contribution in [2.24, 2.45) is 0 Å². The monoisotopic (exact) mass is 394 g/mol. The van der Waals surface area contributed by atoms with E-state index in [2.05, 4.69) is 59.2 Å². The van der Waals surface area contributed by atoms with E-state index in [1.807, 2.05) is 22.9 Å². The van der Waals surface area contributed by atoms with Crippen LogP contribution in [0.2, 0.25) is 0 Å². The smallest absolute Gasteiger partial charge is 0.253 e. The first-order chi connectivity index (χ1) is 13.8. The molecule has 0 radical (unpaired) electrons. The van der Waals surface area contributed by atoms with E-state index in [4.69, 9.17) is 0 Å². The van der Waals surface area contributed by atoms with Gasteiger partial charge >= 0.3 is 0 Å². The number of rotatable bonds is 3. The number of H-pyrrole nitrogens is 1. The van der Waals surface area contributed by atoms with Crippen LogP contribution in [0.1, 0.15) is 69.4 Å². The molecule has 0 aliphatic carbocycles. The molecular formula is C22H30N6O. The number of hydrogen-bond donors (Lipinski definition) is 1. The maximum Gasteiger partial charge on any atom is 0.253 e. The van der Waals surface area contributed by atoms with Gasteiger partial charge in [-0.05, 0) is 87.6 Å². The predicted octanol–water partition coefficient (Wildman–Crippen LogP) is 3.54. The normalized spacial score (nSPS) is 17.4. The van der Waals surface area contributed by atoms with Crippen molar-refractivity contribution in [2.75, 3.05) is 13.1 Å². The fourth-order valence-corrected chi connectivity index (χ4v) is 4.24. The Morgan fingerprint density at radius 2 is 1.79 bits per heavy atom. The minimum absolute atomic E-state index is 0.0703. The van der Waals surface area contributed by atoms with Gasteiger partial charge in [-0.1, -0.05) is 24.5 Å². The fraction of sp³-hybridized carbons (Fsp3) is 0.545. The summed E-state index contributed by atoms with van der Waals surface area (Å²) in [6.07, 6.45) is 4.69. The summed E-state index contributed by atoms with van der Waals surface area (Å²) in [6, 6.07) is 7.86. The molecule has 1 fully saturated rings. The van der Waals surface area contributed by atoms with Gasteiger partial charge in [0.25, 0.3) is 5.56 Å². The van der Waals surface area contributed by atoms with Gasteiger partial charge in [-0.2, -0.15) is 0 Å². The molecule has 0 amide bonds. The van der Waals surface area contributed by atoms with Crippen LogP contribution in [0.25, 0.3) is 10.9 Å². The summed E-state index contributed by atoms with van der Waals surface area (Å²) in [5, 5.41) is 13.7. The molecule has 3 aromatic rings. The molecule has 1 N–H and O–H groups in total. The van der Waals surface area contributed by atoms with Gasteiger partial charge in [0.2, 0.25) is 0 Å². The number of nitrogens with zero attached hydrogens (tertiary/aromatic N) is 5. The molecule has 3 heterocycles. The Kier molecular flexibility index (Phi) is 5.25. The Morgan fingerprint density at radius 1 is 1.07 bits per heavy atom. The van der Waals surface area contributed by atoms with Crippen molar-refractivity contribution in [3.8, 4) is 0 Å². The van der Waals surface area contributed by atoms with Crippen LogP contribution in [0.5, 0.6) is 0 Å². The maximum absolute atomic E-state index is 13.2. The standard InChI is InChI=1S/C22H30N6O/c1-15-9-10-18-16(13-15)14-17(21(29)23-18)19(27-11-7-5-6-8-12-27)20-24-25-26-28(20)22(2,3)4/h9-10,13-14,19H,5-8,11-12H2,1-4H3,(H,23,29). The Balaban J connectivity index is 1.91. The highest BCUT2D eigenvalue weighted by Crippen LogP contribution is 2.31. The van der Waals surface area contributed by atoms with Gasteiger partial charge in [0.15, 0.2) is 5.82 Å². The predicted molar refractivity (Wildman–Crippen MR) is 114 cm³/mol. The summed E-state index contributed by atoms with van der Waals surface area (Å²) in [5.74, 6) is 0.733. The molecule has 1 aliphatic heterocycles. The SMILES string of the molecule is Cc1ccc2[nH]c(=O)c(C(c3nnnn3C(C)(C)C)N3CCCCCC3)cc2c1. The largest absolute Gasteiger partial charge is 0.322 e. The number of nitrogens with one attached hydrogen (secondary N) is 1. The Hall–Kier alpha value is -2.54. The highest BCUT2D eigenvalue weighted by atomic mass is 16.1. The van der Waals surface area contributed by atoms with E-state index in [1.54, 1.807) is 0 Å². The summed E-state index contributed by atoms with van der Waals surface area (Å²) < 4.78 is 1.86. The van der Waals surface area contributed by atoms with E-state index in [9.17, 15) is 4.79 Å². The maximum atomic E-state index is 13.2. The number of fused-ring (bicyclic) bond motifs is 1. The first-order valence-corrected chi connectivity index (χ1v) is 10.5. The van der Waals surface area contributed by atoms with Crippen molar-refractivity contribution in [3.63, 3.8) is 0 Å². The average molecular weight is 395 g/mol. The molecule has 1 saturated heterocycles. The number of likely N-dealkylation sites (tertiary alicyclic amines) is 1. The number of aromatic amines is 1. The molecule has 29 heavy (non-hydrogen) atoms. The number of hydrogen-bond acceptors (Lipinski definition) is 5. The van der Waals surface area contributed by atoms with E-state index in [-0.39, 0.29) is 17.1 Å². The van der Waals surface area contributed by atoms with Gasteiger partial charge in [-0.3, -0.25) is 9.69 Å². The van der Waals surface area contributed by atoms with Crippen molar-refractivity contribution in [1.82, 2.24) is 30.1 Å². The van der Waals surface area contributed by atoms with Gasteiger partial charge in [-0.15, -0.1) is 5.10 Å². The summed E-state index contributed by atoms with van der Waals surface area (Å²) >= 11 is 0. The minimum Gasteiger partial charge on any atom is -0.322 e. The molecule has 1 atom stereocenters. The lowest BCUT2D eigenvalue weighted by Gasteiger charge is -2.31. The van der Waals surface area contributed by atoms with E-state index in [0.29, 0.717) is 5.56 Å². The molecule has 7 nitrogen and oxygen atoms in total. The number of benzene rings is 1. The number of aryl methyl sites for hydroxylation is 1. The molecular weight excluding hydrogens is 364 g/mol. The Labute approximate surface area is 171 Å². The van der Waals surface area contributed by atoms with Gasteiger partial charge < -0.3 is 4.98 Å². The zero-order valence-electron chi connectivity index (χ0n) is 17.8. The molecule has 1 aliphatic rings. The molecule has 4 rings (SSSR count). The molecule has 1 aromatic carbocycles. The van der Waals surface area contributed by atoms with Gasteiger partial charge in [0.05, 0.1) is 5.54 Å². The van der Waals surface area contributed by atoms with Crippen LogP contribution < -0.4 is 5.56 Å². The molecule has 1 unspecified atom stereocenters. The van der Waals surface area contributed by atoms with E-state index in [0.717, 1.165) is 42.7 Å². The lowest BCUT2D eigenvalue weighted by atomic mass is 10.0. The van der Waals surface area contributed by atoms with Gasteiger partial charge in [-0.25, -0.2) is 4.68 Å². The third-order valence-corrected chi connectivity index (χ3v) is 5.70. The van der Waals surface area contributed by atoms with E-state index in [1.165, 1.54) is 18.4 Å². The Morgan fingerprint density at radius 3 is 2.48 bits per heavy atom. The van der Waals surface area contributed by atoms with Crippen molar-refractivity contribution < 1.29 is 0 Å². The van der Waals surface area contributed by atoms with Crippen molar-refractivity contribution in [1.29, 1.82) is 0 Å². The van der Waals surface area contributed by atoms with Crippen molar-refractivity contribution in [2.45, 2.75) is 65.0 Å². The topological polar surface area (TPSA) is 79.7 Å². The molecule has 2 aromatic heterocycles. The molecule has 7 heteroatoms. The fourth-order valence-electron chi connectivity index (χ4n) is 4.24. The zero-order valence-corrected chi connectivity index (χ0v) is 17.8. The minimum atomic E-state index is -0.275.